The summed E-state index contributed by atoms with van der Waals surface area (Å²) in [6.45, 7) is 1.90. The van der Waals surface area contributed by atoms with Gasteiger partial charge in [-0.05, 0) is 19.1 Å². The summed E-state index contributed by atoms with van der Waals surface area (Å²) < 4.78 is 15.5. The molecule has 0 radical (unpaired) electrons. The number of methoxy groups -OCH3 is 1. The van der Waals surface area contributed by atoms with E-state index < -0.39 is 5.97 Å². The van der Waals surface area contributed by atoms with Crippen molar-refractivity contribution in [1.82, 2.24) is 10.3 Å². The van der Waals surface area contributed by atoms with E-state index >= 15 is 0 Å². The fourth-order valence-corrected chi connectivity index (χ4v) is 1.66. The van der Waals surface area contributed by atoms with Crippen LogP contribution in [0.5, 0.6) is 11.5 Å². The summed E-state index contributed by atoms with van der Waals surface area (Å²) in [6.07, 6.45) is 2.47. The Morgan fingerprint density at radius 2 is 2.24 bits per heavy atom. The minimum absolute atomic E-state index is 0.142. The highest BCUT2D eigenvalue weighted by Gasteiger charge is 2.12. The predicted octanol–water partition coefficient (Wildman–Crippen LogP) is 2.06. The Morgan fingerprint density at radius 1 is 1.43 bits per heavy atom. The van der Waals surface area contributed by atoms with Gasteiger partial charge in [-0.25, -0.2) is 9.42 Å². The molecule has 0 unspecified atom stereocenters. The first-order valence-corrected chi connectivity index (χ1v) is 6.10. The van der Waals surface area contributed by atoms with Crippen LogP contribution in [0.3, 0.4) is 0 Å². The molecule has 0 saturated carbocycles. The first kappa shape index (κ1) is 14.6. The van der Waals surface area contributed by atoms with Gasteiger partial charge < -0.3 is 14.6 Å². The lowest BCUT2D eigenvalue weighted by Gasteiger charge is -2.12. The summed E-state index contributed by atoms with van der Waals surface area (Å²) in [5.41, 5.74) is 1.78. The molecule has 7 heteroatoms. The van der Waals surface area contributed by atoms with E-state index in [-0.39, 0.29) is 6.61 Å². The van der Waals surface area contributed by atoms with E-state index in [1.807, 2.05) is 0 Å². The number of hydrogen-bond acceptors (Lipinski definition) is 6. The normalized spacial score (nSPS) is 10.8. The van der Waals surface area contributed by atoms with Crippen LogP contribution >= 0.6 is 0 Å². The van der Waals surface area contributed by atoms with Crippen molar-refractivity contribution in [2.75, 3.05) is 7.11 Å². The minimum Gasteiger partial charge on any atom is -0.493 e. The fourth-order valence-electron chi connectivity index (χ4n) is 1.66. The largest absolute Gasteiger partial charge is 0.493 e. The highest BCUT2D eigenvalue weighted by Crippen LogP contribution is 2.32. The third kappa shape index (κ3) is 3.59. The maximum atomic E-state index is 10.6. The molecule has 21 heavy (non-hydrogen) atoms. The van der Waals surface area contributed by atoms with Gasteiger partial charge in [0, 0.05) is 11.6 Å². The van der Waals surface area contributed by atoms with E-state index in [0.717, 1.165) is 6.08 Å². The van der Waals surface area contributed by atoms with Crippen LogP contribution in [-0.4, -0.2) is 28.5 Å². The van der Waals surface area contributed by atoms with Gasteiger partial charge in [0.2, 0.25) is 0 Å². The van der Waals surface area contributed by atoms with Gasteiger partial charge >= 0.3 is 5.97 Å². The second-order valence-electron chi connectivity index (χ2n) is 4.14. The Morgan fingerprint density at radius 3 is 2.86 bits per heavy atom. The average molecular weight is 290 g/mol. The molecule has 1 aromatic carbocycles. The molecule has 1 aromatic heterocycles. The highest BCUT2D eigenvalue weighted by molar-refractivity contribution is 5.86. The van der Waals surface area contributed by atoms with Gasteiger partial charge in [-0.1, -0.05) is 22.4 Å². The van der Waals surface area contributed by atoms with Crippen molar-refractivity contribution >= 4 is 12.0 Å². The number of carboxylic acids is 1. The van der Waals surface area contributed by atoms with Crippen molar-refractivity contribution in [2.24, 2.45) is 0 Å². The molecule has 0 atom stereocenters. The Labute approximate surface area is 120 Å². The number of aliphatic carboxylic acids is 1. The molecular formula is C14H14N2O5. The number of para-hydroxylation sites is 1. The van der Waals surface area contributed by atoms with Crippen LogP contribution < -0.4 is 9.47 Å². The minimum atomic E-state index is -1.04. The molecule has 0 aliphatic heterocycles. The van der Waals surface area contributed by atoms with Crippen molar-refractivity contribution in [3.63, 3.8) is 0 Å². The summed E-state index contributed by atoms with van der Waals surface area (Å²) in [6, 6.07) is 5.20. The second kappa shape index (κ2) is 6.56. The number of benzene rings is 1. The zero-order valence-corrected chi connectivity index (χ0v) is 11.6. The van der Waals surface area contributed by atoms with Crippen molar-refractivity contribution in [3.8, 4) is 11.5 Å². The quantitative estimate of drug-likeness (QED) is 0.813. The van der Waals surface area contributed by atoms with Crippen LogP contribution in [0.4, 0.5) is 0 Å². The lowest BCUT2D eigenvalue weighted by Crippen LogP contribution is -2.01. The zero-order valence-electron chi connectivity index (χ0n) is 11.6. The van der Waals surface area contributed by atoms with Gasteiger partial charge in [-0.3, -0.25) is 0 Å². The van der Waals surface area contributed by atoms with Crippen LogP contribution in [0, 0.1) is 6.92 Å². The van der Waals surface area contributed by atoms with Crippen LogP contribution in [0.15, 0.2) is 28.9 Å². The third-order valence-corrected chi connectivity index (χ3v) is 2.73. The summed E-state index contributed by atoms with van der Waals surface area (Å²) in [5, 5.41) is 16.1. The predicted molar refractivity (Wildman–Crippen MR) is 73.0 cm³/mol. The first-order valence-electron chi connectivity index (χ1n) is 6.10. The van der Waals surface area contributed by atoms with Crippen molar-refractivity contribution in [2.45, 2.75) is 13.5 Å². The molecular weight excluding hydrogens is 276 g/mol. The Bertz CT molecular complexity index is 663. The van der Waals surface area contributed by atoms with E-state index in [4.69, 9.17) is 14.6 Å². The number of ether oxygens (including phenoxy) is 2. The molecule has 0 fully saturated rings. The van der Waals surface area contributed by atoms with Crippen LogP contribution in [0.2, 0.25) is 0 Å². The molecule has 7 nitrogen and oxygen atoms in total. The maximum absolute atomic E-state index is 10.6. The molecule has 2 rings (SSSR count). The second-order valence-corrected chi connectivity index (χ2v) is 4.14. The standard InChI is InChI=1S/C14H14N2O5/c1-9-11(16-21-15-9)8-20-14-10(6-7-13(17)18)4-3-5-12(14)19-2/h3-7H,8H2,1-2H3,(H,17,18). The van der Waals surface area contributed by atoms with E-state index in [1.54, 1.807) is 25.1 Å². The summed E-state index contributed by atoms with van der Waals surface area (Å²) in [4.78, 5) is 10.6. The monoisotopic (exact) mass is 290 g/mol. The number of rotatable bonds is 6. The topological polar surface area (TPSA) is 94.7 Å². The van der Waals surface area contributed by atoms with Crippen LogP contribution in [0.1, 0.15) is 17.0 Å². The van der Waals surface area contributed by atoms with Crippen LogP contribution in [-0.2, 0) is 11.4 Å². The number of carboxylic acid groups (broad SMARTS) is 1. The smallest absolute Gasteiger partial charge is 0.328 e. The van der Waals surface area contributed by atoms with Gasteiger partial charge in [0.1, 0.15) is 18.0 Å². The van der Waals surface area contributed by atoms with Crippen LogP contribution in [0.25, 0.3) is 6.08 Å². The lowest BCUT2D eigenvalue weighted by atomic mass is 10.1. The number of hydrogen-bond donors (Lipinski definition) is 1. The number of aryl methyl sites for hydroxylation is 1. The van der Waals surface area contributed by atoms with E-state index in [0.29, 0.717) is 28.5 Å². The molecule has 0 spiro atoms. The van der Waals surface area contributed by atoms with Gasteiger partial charge in [0.05, 0.1) is 7.11 Å². The molecule has 0 amide bonds. The maximum Gasteiger partial charge on any atom is 0.328 e. The van der Waals surface area contributed by atoms with Crippen molar-refractivity contribution in [1.29, 1.82) is 0 Å². The van der Waals surface area contributed by atoms with E-state index in [1.165, 1.54) is 13.2 Å². The highest BCUT2D eigenvalue weighted by atomic mass is 16.6. The average Bonchev–Trinajstić information content (AvgIpc) is 2.88. The molecule has 0 aliphatic carbocycles. The molecule has 0 aliphatic rings. The SMILES string of the molecule is COc1cccc(C=CC(=O)O)c1OCc1nonc1C. The van der Waals surface area contributed by atoms with Gasteiger partial charge in [0.25, 0.3) is 0 Å². The third-order valence-electron chi connectivity index (χ3n) is 2.73. The molecule has 1 heterocycles. The van der Waals surface area contributed by atoms with Gasteiger partial charge in [0.15, 0.2) is 11.5 Å². The summed E-state index contributed by atoms with van der Waals surface area (Å²) in [5.74, 6) is -0.114. The number of nitrogens with zero attached hydrogens (tertiary/aromatic N) is 2. The zero-order chi connectivity index (χ0) is 15.2. The molecule has 2 aromatic rings. The Kier molecular flexibility index (Phi) is 4.55. The summed E-state index contributed by atoms with van der Waals surface area (Å²) >= 11 is 0. The van der Waals surface area contributed by atoms with E-state index in [9.17, 15) is 4.79 Å². The molecule has 110 valence electrons. The molecule has 0 bridgehead atoms. The summed E-state index contributed by atoms with van der Waals surface area (Å²) in [7, 11) is 1.51. The first-order chi connectivity index (χ1) is 10.1. The Hall–Kier alpha value is -2.83. The number of carbonyl (C=O) groups is 1. The van der Waals surface area contributed by atoms with Crippen molar-refractivity contribution in [3.05, 3.63) is 41.2 Å². The van der Waals surface area contributed by atoms with Crippen molar-refractivity contribution < 1.29 is 24.0 Å². The fraction of sp³-hybridized carbons (Fsp3) is 0.214. The molecule has 0 saturated heterocycles. The lowest BCUT2D eigenvalue weighted by molar-refractivity contribution is -0.131. The Balaban J connectivity index is 2.27. The van der Waals surface area contributed by atoms with Gasteiger partial charge in [-0.2, -0.15) is 0 Å². The number of aromatic nitrogens is 2. The van der Waals surface area contributed by atoms with Gasteiger partial charge in [-0.15, -0.1) is 0 Å². The van der Waals surface area contributed by atoms with E-state index in [2.05, 4.69) is 14.9 Å². The molecule has 1 N–H and O–H groups in total.